The number of hydrogen-bond acceptors (Lipinski definition) is 3. The highest BCUT2D eigenvalue weighted by atomic mass is 19.1. The standard InChI is InChI=1S/C26H36F2N4O/c1-18-16-26(13-14-31(18)17-19-7-2-3-8-19)24(29-23-12-5-4-11-22(23)28)30-25(33)32(26)21-10-6-9-20(27)15-21/h6,9-10,15,18-19,22-23H,2-5,7-8,11-14,16-17H2,1H3,(H,29,30,33)/t18-,22-,23-,26?/m0/s1. The van der Waals surface area contributed by atoms with E-state index in [1.807, 2.05) is 0 Å². The molecule has 0 aromatic heterocycles. The molecule has 5 rings (SSSR count). The summed E-state index contributed by atoms with van der Waals surface area (Å²) in [6.45, 7) is 4.17. The Morgan fingerprint density at radius 2 is 1.91 bits per heavy atom. The van der Waals surface area contributed by atoms with Crippen LogP contribution < -0.4 is 10.2 Å². The number of urea groups is 1. The number of benzene rings is 1. The molecule has 0 bridgehead atoms. The maximum absolute atomic E-state index is 14.7. The Kier molecular flexibility index (Phi) is 6.43. The molecule has 1 unspecified atom stereocenters. The minimum atomic E-state index is -0.969. The molecule has 4 fully saturated rings. The fraction of sp³-hybridized carbons (Fsp3) is 0.692. The Morgan fingerprint density at radius 1 is 1.15 bits per heavy atom. The minimum Gasteiger partial charge on any atom is -0.300 e. The smallest absolute Gasteiger partial charge is 0.300 e. The summed E-state index contributed by atoms with van der Waals surface area (Å²) in [5.41, 5.74) is -0.150. The van der Waals surface area contributed by atoms with Crippen molar-refractivity contribution < 1.29 is 13.6 Å². The summed E-state index contributed by atoms with van der Waals surface area (Å²) in [6, 6.07) is 5.77. The normalized spacial score (nSPS) is 35.0. The molecule has 2 heterocycles. The first-order valence-corrected chi connectivity index (χ1v) is 12.8. The van der Waals surface area contributed by atoms with Crippen LogP contribution in [-0.2, 0) is 0 Å². The number of carbonyl (C=O) groups is 1. The number of alkyl halides is 1. The SMILES string of the molecule is C[C@H]1CC2(CCN1CC1CCCC1)C(=N[C@H]1CCCC[C@@H]1F)NC(=O)N2c1cccc(F)c1. The van der Waals surface area contributed by atoms with Crippen LogP contribution in [0, 0.1) is 11.7 Å². The molecule has 2 aliphatic heterocycles. The average molecular weight is 459 g/mol. The largest absolute Gasteiger partial charge is 0.328 e. The lowest BCUT2D eigenvalue weighted by atomic mass is 9.80. The molecule has 2 amide bonds. The molecule has 1 spiro atoms. The van der Waals surface area contributed by atoms with Gasteiger partial charge in [-0.1, -0.05) is 31.7 Å². The molecule has 2 saturated heterocycles. The summed E-state index contributed by atoms with van der Waals surface area (Å²) in [4.78, 5) is 22.4. The molecule has 0 radical (unpaired) electrons. The molecular formula is C26H36F2N4O. The number of nitrogens with zero attached hydrogens (tertiary/aromatic N) is 3. The quantitative estimate of drug-likeness (QED) is 0.652. The lowest BCUT2D eigenvalue weighted by Gasteiger charge is -2.47. The van der Waals surface area contributed by atoms with Gasteiger partial charge in [-0.05, 0) is 69.6 Å². The highest BCUT2D eigenvalue weighted by Crippen LogP contribution is 2.41. The third-order valence-electron chi connectivity index (χ3n) is 8.34. The van der Waals surface area contributed by atoms with E-state index in [0.717, 1.165) is 31.8 Å². The van der Waals surface area contributed by atoms with Crippen molar-refractivity contribution in [1.29, 1.82) is 0 Å². The van der Waals surface area contributed by atoms with E-state index in [4.69, 9.17) is 4.99 Å². The molecule has 5 nitrogen and oxygen atoms in total. The van der Waals surface area contributed by atoms with Crippen molar-refractivity contribution >= 4 is 17.6 Å². The van der Waals surface area contributed by atoms with E-state index in [0.29, 0.717) is 37.2 Å². The van der Waals surface area contributed by atoms with Gasteiger partial charge in [0.15, 0.2) is 0 Å². The summed E-state index contributed by atoms with van der Waals surface area (Å²) in [5, 5.41) is 2.99. The van der Waals surface area contributed by atoms with E-state index in [-0.39, 0.29) is 17.9 Å². The first-order chi connectivity index (χ1) is 16.0. The Hall–Kier alpha value is -2.02. The predicted octanol–water partition coefficient (Wildman–Crippen LogP) is 5.45. The van der Waals surface area contributed by atoms with Crippen molar-refractivity contribution in [2.24, 2.45) is 10.9 Å². The third-order valence-corrected chi connectivity index (χ3v) is 8.34. The second kappa shape index (κ2) is 9.32. The summed E-state index contributed by atoms with van der Waals surface area (Å²) in [6.07, 6.45) is 8.79. The number of hydrogen-bond donors (Lipinski definition) is 1. The molecule has 180 valence electrons. The Bertz CT molecular complexity index is 902. The van der Waals surface area contributed by atoms with Crippen molar-refractivity contribution in [3.63, 3.8) is 0 Å². The van der Waals surface area contributed by atoms with Gasteiger partial charge in [0, 0.05) is 24.8 Å². The second-order valence-corrected chi connectivity index (χ2v) is 10.6. The van der Waals surface area contributed by atoms with Crippen LogP contribution in [-0.4, -0.2) is 53.7 Å². The molecule has 1 aromatic carbocycles. The second-order valence-electron chi connectivity index (χ2n) is 10.6. The molecular weight excluding hydrogens is 422 g/mol. The van der Waals surface area contributed by atoms with Gasteiger partial charge in [0.25, 0.3) is 0 Å². The van der Waals surface area contributed by atoms with Crippen LogP contribution in [0.5, 0.6) is 0 Å². The average Bonchev–Trinajstić information content (AvgIpc) is 3.38. The predicted molar refractivity (Wildman–Crippen MR) is 127 cm³/mol. The van der Waals surface area contributed by atoms with Gasteiger partial charge >= 0.3 is 6.03 Å². The highest BCUT2D eigenvalue weighted by Gasteiger charge is 2.55. The van der Waals surface area contributed by atoms with E-state index in [2.05, 4.69) is 17.1 Å². The van der Waals surface area contributed by atoms with Crippen LogP contribution in [0.1, 0.15) is 71.1 Å². The van der Waals surface area contributed by atoms with Crippen LogP contribution in [0.3, 0.4) is 0 Å². The molecule has 4 aliphatic rings. The molecule has 2 saturated carbocycles. The number of nitrogens with one attached hydrogen (secondary N) is 1. The Balaban J connectivity index is 1.47. The van der Waals surface area contributed by atoms with Crippen LogP contribution in [0.25, 0.3) is 0 Å². The maximum atomic E-state index is 14.7. The number of piperidine rings is 1. The number of likely N-dealkylation sites (tertiary alicyclic amines) is 1. The number of carbonyl (C=O) groups excluding carboxylic acids is 1. The maximum Gasteiger partial charge on any atom is 0.328 e. The fourth-order valence-corrected chi connectivity index (χ4v) is 6.57. The zero-order chi connectivity index (χ0) is 23.0. The van der Waals surface area contributed by atoms with Gasteiger partial charge in [-0.3, -0.25) is 15.2 Å². The topological polar surface area (TPSA) is 47.9 Å². The van der Waals surface area contributed by atoms with E-state index in [1.165, 1.54) is 37.8 Å². The Morgan fingerprint density at radius 3 is 2.64 bits per heavy atom. The number of halogens is 2. The van der Waals surface area contributed by atoms with Gasteiger partial charge in [-0.15, -0.1) is 0 Å². The number of amidine groups is 1. The van der Waals surface area contributed by atoms with E-state index >= 15 is 0 Å². The van der Waals surface area contributed by atoms with Gasteiger partial charge in [-0.25, -0.2) is 13.6 Å². The van der Waals surface area contributed by atoms with E-state index in [1.54, 1.807) is 17.0 Å². The van der Waals surface area contributed by atoms with Crippen molar-refractivity contribution in [2.45, 2.75) is 94.9 Å². The van der Waals surface area contributed by atoms with Crippen LogP contribution in [0.15, 0.2) is 29.3 Å². The minimum absolute atomic E-state index is 0.251. The van der Waals surface area contributed by atoms with E-state index in [9.17, 15) is 13.6 Å². The van der Waals surface area contributed by atoms with Gasteiger partial charge < -0.3 is 4.90 Å². The van der Waals surface area contributed by atoms with Gasteiger partial charge in [0.1, 0.15) is 23.4 Å². The molecule has 4 atom stereocenters. The summed E-state index contributed by atoms with van der Waals surface area (Å²) >= 11 is 0. The number of anilines is 1. The van der Waals surface area contributed by atoms with Gasteiger partial charge in [0.05, 0.1) is 6.04 Å². The van der Waals surface area contributed by atoms with E-state index < -0.39 is 17.8 Å². The third kappa shape index (κ3) is 4.41. The van der Waals surface area contributed by atoms with Gasteiger partial charge in [0.2, 0.25) is 0 Å². The number of aliphatic imine (C=N–C) groups is 1. The summed E-state index contributed by atoms with van der Waals surface area (Å²) < 4.78 is 28.8. The highest BCUT2D eigenvalue weighted by molar-refractivity contribution is 6.19. The van der Waals surface area contributed by atoms with Gasteiger partial charge in [-0.2, -0.15) is 0 Å². The number of rotatable bonds is 4. The fourth-order valence-electron chi connectivity index (χ4n) is 6.57. The summed E-state index contributed by atoms with van der Waals surface area (Å²) in [5.74, 6) is 0.967. The number of amides is 2. The van der Waals surface area contributed by atoms with Crippen molar-refractivity contribution in [3.8, 4) is 0 Å². The molecule has 2 aliphatic carbocycles. The molecule has 33 heavy (non-hydrogen) atoms. The van der Waals surface area contributed by atoms with Crippen LogP contribution in [0.2, 0.25) is 0 Å². The summed E-state index contributed by atoms with van der Waals surface area (Å²) in [7, 11) is 0. The first-order valence-electron chi connectivity index (χ1n) is 12.8. The van der Waals surface area contributed by atoms with Crippen LogP contribution >= 0.6 is 0 Å². The monoisotopic (exact) mass is 458 g/mol. The lowest BCUT2D eigenvalue weighted by Crippen LogP contribution is -2.60. The zero-order valence-electron chi connectivity index (χ0n) is 19.6. The molecule has 7 heteroatoms. The molecule has 1 N–H and O–H groups in total. The van der Waals surface area contributed by atoms with Crippen LogP contribution in [0.4, 0.5) is 19.3 Å². The molecule has 1 aromatic rings. The lowest BCUT2D eigenvalue weighted by molar-refractivity contribution is 0.112. The van der Waals surface area contributed by atoms with Crippen molar-refractivity contribution in [1.82, 2.24) is 10.2 Å². The zero-order valence-corrected chi connectivity index (χ0v) is 19.6. The van der Waals surface area contributed by atoms with Crippen molar-refractivity contribution in [2.75, 3.05) is 18.0 Å². The van der Waals surface area contributed by atoms with Crippen molar-refractivity contribution in [3.05, 3.63) is 30.1 Å². The Labute approximate surface area is 195 Å². The first kappa shape index (κ1) is 22.8.